The van der Waals surface area contributed by atoms with E-state index in [2.05, 4.69) is 10.3 Å². The third-order valence-corrected chi connectivity index (χ3v) is 4.74. The molecule has 24 heavy (non-hydrogen) atoms. The van der Waals surface area contributed by atoms with Crippen LogP contribution in [0.2, 0.25) is 0 Å². The number of rotatable bonds is 4. The molecule has 0 aliphatic heterocycles. The van der Waals surface area contributed by atoms with Crippen LogP contribution in [0.3, 0.4) is 0 Å². The fourth-order valence-electron chi connectivity index (χ4n) is 2.68. The van der Waals surface area contributed by atoms with E-state index in [0.717, 1.165) is 27.3 Å². The number of carbonyl (C=O) groups is 1. The van der Waals surface area contributed by atoms with E-state index in [1.807, 2.05) is 34.0 Å². The molecule has 0 saturated carbocycles. The van der Waals surface area contributed by atoms with E-state index in [-0.39, 0.29) is 18.1 Å². The number of amides is 1. The molecule has 0 spiro atoms. The molecule has 0 bridgehead atoms. The molecule has 1 N–H and O–H groups in total. The Balaban J connectivity index is 1.51. The van der Waals surface area contributed by atoms with Crippen molar-refractivity contribution in [1.29, 1.82) is 0 Å². The number of carbonyl (C=O) groups excluding carboxylic acids is 1. The van der Waals surface area contributed by atoms with Crippen LogP contribution in [0.15, 0.2) is 53.9 Å². The van der Waals surface area contributed by atoms with E-state index in [1.54, 1.807) is 12.1 Å². The highest BCUT2D eigenvalue weighted by Crippen LogP contribution is 2.23. The predicted octanol–water partition coefficient (Wildman–Crippen LogP) is 3.55. The van der Waals surface area contributed by atoms with Crippen molar-refractivity contribution in [2.24, 2.45) is 0 Å². The maximum Gasteiger partial charge on any atom is 0.226 e. The second kappa shape index (κ2) is 6.05. The van der Waals surface area contributed by atoms with Crippen molar-refractivity contribution in [1.82, 2.24) is 14.7 Å². The Morgan fingerprint density at radius 1 is 1.17 bits per heavy atom. The molecule has 4 aromatic rings. The summed E-state index contributed by atoms with van der Waals surface area (Å²) < 4.78 is 14.9. The number of benzene rings is 2. The van der Waals surface area contributed by atoms with Crippen LogP contribution in [0.5, 0.6) is 0 Å². The van der Waals surface area contributed by atoms with Crippen LogP contribution in [-0.2, 0) is 17.8 Å². The summed E-state index contributed by atoms with van der Waals surface area (Å²) in [7, 11) is 0. The number of aromatic nitrogens is 2. The van der Waals surface area contributed by atoms with Crippen molar-refractivity contribution < 1.29 is 9.18 Å². The van der Waals surface area contributed by atoms with Crippen LogP contribution in [0.1, 0.15) is 11.3 Å². The molecule has 0 aliphatic rings. The first-order chi connectivity index (χ1) is 11.7. The normalized spacial score (nSPS) is 11.2. The minimum Gasteiger partial charge on any atom is -0.352 e. The molecule has 4 nitrogen and oxygen atoms in total. The summed E-state index contributed by atoms with van der Waals surface area (Å²) in [6.07, 6.45) is 0.279. The van der Waals surface area contributed by atoms with Gasteiger partial charge in [-0.05, 0) is 29.8 Å². The maximum absolute atomic E-state index is 12.9. The Morgan fingerprint density at radius 3 is 2.79 bits per heavy atom. The van der Waals surface area contributed by atoms with E-state index in [1.165, 1.54) is 23.5 Å². The first-order valence-electron chi connectivity index (χ1n) is 7.55. The molecule has 2 aromatic carbocycles. The third-order valence-electron chi connectivity index (χ3n) is 3.86. The van der Waals surface area contributed by atoms with Crippen molar-refractivity contribution in [3.8, 4) is 0 Å². The lowest BCUT2D eigenvalue weighted by Gasteiger charge is -2.05. The zero-order valence-corrected chi connectivity index (χ0v) is 13.5. The molecular formula is C18H14FN3OS. The summed E-state index contributed by atoms with van der Waals surface area (Å²) in [6.45, 7) is 0.386. The molecule has 0 aliphatic carbocycles. The zero-order chi connectivity index (χ0) is 16.5. The van der Waals surface area contributed by atoms with Gasteiger partial charge in [0.15, 0.2) is 4.96 Å². The third kappa shape index (κ3) is 2.76. The molecule has 0 saturated heterocycles. The summed E-state index contributed by atoms with van der Waals surface area (Å²) in [4.78, 5) is 17.7. The van der Waals surface area contributed by atoms with Gasteiger partial charge in [-0.15, -0.1) is 11.3 Å². The SMILES string of the molecule is O=C(Cc1csc2nc3ccccc3n12)NCc1ccc(F)cc1. The molecule has 1 amide bonds. The molecule has 0 unspecified atom stereocenters. The highest BCUT2D eigenvalue weighted by Gasteiger charge is 2.13. The Hall–Kier alpha value is -2.73. The predicted molar refractivity (Wildman–Crippen MR) is 92.5 cm³/mol. The second-order valence-corrected chi connectivity index (χ2v) is 6.36. The minimum absolute atomic E-state index is 0.0724. The Morgan fingerprint density at radius 2 is 1.96 bits per heavy atom. The van der Waals surface area contributed by atoms with Gasteiger partial charge in [-0.3, -0.25) is 9.20 Å². The molecular weight excluding hydrogens is 325 g/mol. The first kappa shape index (κ1) is 14.8. The summed E-state index contributed by atoms with van der Waals surface area (Å²) in [5, 5.41) is 4.84. The van der Waals surface area contributed by atoms with Gasteiger partial charge in [-0.1, -0.05) is 24.3 Å². The van der Waals surface area contributed by atoms with Gasteiger partial charge >= 0.3 is 0 Å². The Bertz CT molecular complexity index is 1020. The molecule has 6 heteroatoms. The van der Waals surface area contributed by atoms with E-state index < -0.39 is 0 Å². The van der Waals surface area contributed by atoms with Crippen LogP contribution in [0.25, 0.3) is 16.0 Å². The van der Waals surface area contributed by atoms with Gasteiger partial charge in [-0.25, -0.2) is 9.37 Å². The molecule has 0 fully saturated rings. The molecule has 0 atom stereocenters. The lowest BCUT2D eigenvalue weighted by Crippen LogP contribution is -2.25. The van der Waals surface area contributed by atoms with Crippen molar-refractivity contribution in [2.45, 2.75) is 13.0 Å². The number of imidazole rings is 1. The van der Waals surface area contributed by atoms with Crippen LogP contribution in [0.4, 0.5) is 4.39 Å². The highest BCUT2D eigenvalue weighted by atomic mass is 32.1. The average molecular weight is 339 g/mol. The zero-order valence-electron chi connectivity index (χ0n) is 12.7. The maximum atomic E-state index is 12.9. The van der Waals surface area contributed by atoms with Gasteiger partial charge < -0.3 is 5.32 Å². The lowest BCUT2D eigenvalue weighted by atomic mass is 10.2. The van der Waals surface area contributed by atoms with Crippen molar-refractivity contribution >= 4 is 33.2 Å². The monoisotopic (exact) mass is 339 g/mol. The lowest BCUT2D eigenvalue weighted by molar-refractivity contribution is -0.120. The van der Waals surface area contributed by atoms with Crippen molar-refractivity contribution in [3.63, 3.8) is 0 Å². The summed E-state index contributed by atoms with van der Waals surface area (Å²) in [5.41, 5.74) is 3.72. The van der Waals surface area contributed by atoms with E-state index in [9.17, 15) is 9.18 Å². The minimum atomic E-state index is -0.280. The molecule has 120 valence electrons. The number of halogens is 1. The van der Waals surface area contributed by atoms with Crippen LogP contribution in [0, 0.1) is 5.82 Å². The summed E-state index contributed by atoms with van der Waals surface area (Å²) in [6, 6.07) is 14.0. The molecule has 2 aromatic heterocycles. The Kier molecular flexibility index (Phi) is 3.74. The van der Waals surface area contributed by atoms with Crippen LogP contribution < -0.4 is 5.32 Å². The number of hydrogen-bond donors (Lipinski definition) is 1. The first-order valence-corrected chi connectivity index (χ1v) is 8.43. The van der Waals surface area contributed by atoms with E-state index in [0.29, 0.717) is 6.54 Å². The van der Waals surface area contributed by atoms with Gasteiger partial charge in [0.05, 0.1) is 17.5 Å². The number of nitrogens with zero attached hydrogens (tertiary/aromatic N) is 2. The number of thiazole rings is 1. The number of hydrogen-bond acceptors (Lipinski definition) is 3. The Labute approximate surface area is 141 Å². The number of nitrogens with one attached hydrogen (secondary N) is 1. The van der Waals surface area contributed by atoms with E-state index >= 15 is 0 Å². The quantitative estimate of drug-likeness (QED) is 0.618. The highest BCUT2D eigenvalue weighted by molar-refractivity contribution is 7.15. The smallest absolute Gasteiger partial charge is 0.226 e. The van der Waals surface area contributed by atoms with Crippen molar-refractivity contribution in [3.05, 3.63) is 71.0 Å². The van der Waals surface area contributed by atoms with Crippen LogP contribution >= 0.6 is 11.3 Å². The van der Waals surface area contributed by atoms with Gasteiger partial charge in [0.2, 0.25) is 5.91 Å². The molecule has 4 rings (SSSR count). The largest absolute Gasteiger partial charge is 0.352 e. The fraction of sp³-hybridized carbons (Fsp3) is 0.111. The topological polar surface area (TPSA) is 46.4 Å². The number of fused-ring (bicyclic) bond motifs is 3. The summed E-state index contributed by atoms with van der Waals surface area (Å²) in [5.74, 6) is -0.352. The van der Waals surface area contributed by atoms with Gasteiger partial charge in [0, 0.05) is 17.6 Å². The van der Waals surface area contributed by atoms with Gasteiger partial charge in [0.25, 0.3) is 0 Å². The van der Waals surface area contributed by atoms with Gasteiger partial charge in [0.1, 0.15) is 5.82 Å². The standard InChI is InChI=1S/C18H14FN3OS/c19-13-7-5-12(6-8-13)10-20-17(23)9-14-11-24-18-21-15-3-1-2-4-16(15)22(14)18/h1-8,11H,9-10H2,(H,20,23). The van der Waals surface area contributed by atoms with E-state index in [4.69, 9.17) is 0 Å². The average Bonchev–Trinajstić information content (AvgIpc) is 3.14. The summed E-state index contributed by atoms with van der Waals surface area (Å²) >= 11 is 1.53. The molecule has 0 radical (unpaired) electrons. The van der Waals surface area contributed by atoms with Gasteiger partial charge in [-0.2, -0.15) is 0 Å². The number of para-hydroxylation sites is 2. The van der Waals surface area contributed by atoms with Crippen LogP contribution in [-0.4, -0.2) is 15.3 Å². The second-order valence-electron chi connectivity index (χ2n) is 5.53. The van der Waals surface area contributed by atoms with Crippen molar-refractivity contribution in [2.75, 3.05) is 0 Å². The molecule has 2 heterocycles. The fourth-order valence-corrected chi connectivity index (χ4v) is 3.59.